The number of nitrogen functional groups attached to an aromatic ring is 1. The van der Waals surface area contributed by atoms with Crippen molar-refractivity contribution in [1.29, 1.82) is 0 Å². The average molecular weight is 303 g/mol. The van der Waals surface area contributed by atoms with Gasteiger partial charge in [0.25, 0.3) is 0 Å². The van der Waals surface area contributed by atoms with E-state index in [1.54, 1.807) is 0 Å². The number of halogens is 3. The Kier molecular flexibility index (Phi) is 5.17. The molecular formula is C14H20F3N3O. The largest absolute Gasteiger partial charge is 0.432 e. The van der Waals surface area contributed by atoms with Gasteiger partial charge in [-0.1, -0.05) is 6.92 Å². The molecular weight excluding hydrogens is 283 g/mol. The van der Waals surface area contributed by atoms with Crippen LogP contribution in [0.3, 0.4) is 0 Å². The number of hydrogen-bond donors (Lipinski definition) is 1. The molecule has 0 radical (unpaired) electrons. The van der Waals surface area contributed by atoms with E-state index in [1.165, 1.54) is 6.07 Å². The van der Waals surface area contributed by atoms with Crippen LogP contribution in [0.25, 0.3) is 0 Å². The fourth-order valence-electron chi connectivity index (χ4n) is 2.55. The first-order valence-electron chi connectivity index (χ1n) is 7.02. The van der Waals surface area contributed by atoms with E-state index in [0.717, 1.165) is 45.2 Å². The lowest BCUT2D eigenvalue weighted by atomic mass is 10.2. The van der Waals surface area contributed by atoms with E-state index >= 15 is 0 Å². The SMILES string of the molecule is CCCN1CCN(c2cc(OC(F)F)c(F)cc2N)CC1. The van der Waals surface area contributed by atoms with Crippen molar-refractivity contribution in [3.05, 3.63) is 17.9 Å². The molecule has 0 spiro atoms. The van der Waals surface area contributed by atoms with Gasteiger partial charge in [-0.25, -0.2) is 4.39 Å². The summed E-state index contributed by atoms with van der Waals surface area (Å²) in [5, 5.41) is 0. The number of ether oxygens (including phenoxy) is 1. The number of benzene rings is 1. The molecule has 1 saturated heterocycles. The van der Waals surface area contributed by atoms with Crippen LogP contribution < -0.4 is 15.4 Å². The molecule has 1 heterocycles. The first kappa shape index (κ1) is 15.8. The van der Waals surface area contributed by atoms with Gasteiger partial charge < -0.3 is 15.4 Å². The summed E-state index contributed by atoms with van der Waals surface area (Å²) in [5.74, 6) is -1.34. The molecule has 1 fully saturated rings. The quantitative estimate of drug-likeness (QED) is 0.849. The molecule has 0 saturated carbocycles. The van der Waals surface area contributed by atoms with Crippen LogP contribution in [0.5, 0.6) is 5.75 Å². The minimum atomic E-state index is -3.06. The Morgan fingerprint density at radius 2 is 1.90 bits per heavy atom. The first-order valence-corrected chi connectivity index (χ1v) is 7.02. The van der Waals surface area contributed by atoms with Crippen LogP contribution in [-0.2, 0) is 0 Å². The molecule has 0 aliphatic carbocycles. The minimum absolute atomic E-state index is 0.234. The number of nitrogens with two attached hydrogens (primary N) is 1. The highest BCUT2D eigenvalue weighted by Crippen LogP contribution is 2.32. The monoisotopic (exact) mass is 303 g/mol. The lowest BCUT2D eigenvalue weighted by Crippen LogP contribution is -2.46. The van der Waals surface area contributed by atoms with Gasteiger partial charge >= 0.3 is 6.61 Å². The Balaban J connectivity index is 2.12. The second kappa shape index (κ2) is 6.89. The fourth-order valence-corrected chi connectivity index (χ4v) is 2.55. The Hall–Kier alpha value is -1.63. The molecule has 21 heavy (non-hydrogen) atoms. The van der Waals surface area contributed by atoms with Crippen molar-refractivity contribution in [3.63, 3.8) is 0 Å². The maximum absolute atomic E-state index is 13.6. The van der Waals surface area contributed by atoms with Crippen LogP contribution in [0.1, 0.15) is 13.3 Å². The normalized spacial score (nSPS) is 16.5. The van der Waals surface area contributed by atoms with Crippen molar-refractivity contribution in [3.8, 4) is 5.75 Å². The molecule has 4 nitrogen and oxygen atoms in total. The van der Waals surface area contributed by atoms with Crippen molar-refractivity contribution < 1.29 is 17.9 Å². The minimum Gasteiger partial charge on any atom is -0.432 e. The van der Waals surface area contributed by atoms with Crippen LogP contribution in [0, 0.1) is 5.82 Å². The Labute approximate surface area is 122 Å². The summed E-state index contributed by atoms with van der Waals surface area (Å²) in [6, 6.07) is 2.29. The van der Waals surface area contributed by atoms with Crippen LogP contribution in [0.2, 0.25) is 0 Å². The second-order valence-corrected chi connectivity index (χ2v) is 5.05. The molecule has 0 unspecified atom stereocenters. The summed E-state index contributed by atoms with van der Waals surface area (Å²) >= 11 is 0. The number of rotatable bonds is 5. The molecule has 2 rings (SSSR count). The van der Waals surface area contributed by atoms with Crippen LogP contribution >= 0.6 is 0 Å². The zero-order valence-corrected chi connectivity index (χ0v) is 12.0. The smallest absolute Gasteiger partial charge is 0.387 e. The number of nitrogens with zero attached hydrogens (tertiary/aromatic N) is 2. The molecule has 0 amide bonds. The molecule has 1 aliphatic heterocycles. The highest BCUT2D eigenvalue weighted by atomic mass is 19.3. The standard InChI is InChI=1S/C14H20F3N3O/c1-2-3-19-4-6-20(7-5-19)12-9-13(21-14(16)17)10(15)8-11(12)18/h8-9,14H,2-7,18H2,1H3. The van der Waals surface area contributed by atoms with Gasteiger partial charge in [0, 0.05) is 38.3 Å². The zero-order chi connectivity index (χ0) is 15.4. The maximum atomic E-state index is 13.6. The number of alkyl halides is 2. The molecule has 1 aromatic rings. The fraction of sp³-hybridized carbons (Fsp3) is 0.571. The summed E-state index contributed by atoms with van der Waals surface area (Å²) in [6.45, 7) is 3.29. The maximum Gasteiger partial charge on any atom is 0.387 e. The van der Waals surface area contributed by atoms with Crippen molar-refractivity contribution >= 4 is 11.4 Å². The summed E-state index contributed by atoms with van der Waals surface area (Å²) in [4.78, 5) is 4.30. The molecule has 0 aromatic heterocycles. The Bertz CT molecular complexity index is 477. The first-order chi connectivity index (χ1) is 10.0. The van der Waals surface area contributed by atoms with E-state index in [4.69, 9.17) is 5.73 Å². The lowest BCUT2D eigenvalue weighted by molar-refractivity contribution is -0.0521. The van der Waals surface area contributed by atoms with Gasteiger partial charge in [-0.3, -0.25) is 4.90 Å². The molecule has 118 valence electrons. The summed E-state index contributed by atoms with van der Waals surface area (Å²) < 4.78 is 42.3. The Morgan fingerprint density at radius 3 is 2.48 bits per heavy atom. The third-order valence-corrected chi connectivity index (χ3v) is 3.55. The third-order valence-electron chi connectivity index (χ3n) is 3.55. The number of piperazine rings is 1. The third kappa shape index (κ3) is 3.93. The van der Waals surface area contributed by atoms with Crippen LogP contribution in [-0.4, -0.2) is 44.2 Å². The average Bonchev–Trinajstić information content (AvgIpc) is 2.43. The van der Waals surface area contributed by atoms with Crippen LogP contribution in [0.15, 0.2) is 12.1 Å². The molecule has 7 heteroatoms. The molecule has 2 N–H and O–H groups in total. The van der Waals surface area contributed by atoms with Gasteiger partial charge in [-0.05, 0) is 13.0 Å². The predicted molar refractivity (Wildman–Crippen MR) is 76.4 cm³/mol. The summed E-state index contributed by atoms with van der Waals surface area (Å²) in [5.41, 5.74) is 6.59. The van der Waals surface area contributed by atoms with E-state index in [0.29, 0.717) is 5.69 Å². The number of anilines is 2. The van der Waals surface area contributed by atoms with Crippen molar-refractivity contribution in [2.45, 2.75) is 20.0 Å². The van der Waals surface area contributed by atoms with Gasteiger partial charge in [0.2, 0.25) is 0 Å². The van der Waals surface area contributed by atoms with Crippen molar-refractivity contribution in [2.75, 3.05) is 43.4 Å². The van der Waals surface area contributed by atoms with Gasteiger partial charge in [0.15, 0.2) is 11.6 Å². The van der Waals surface area contributed by atoms with Gasteiger partial charge in [-0.15, -0.1) is 0 Å². The molecule has 0 atom stereocenters. The van der Waals surface area contributed by atoms with E-state index in [9.17, 15) is 13.2 Å². The van der Waals surface area contributed by atoms with E-state index in [1.807, 2.05) is 4.90 Å². The van der Waals surface area contributed by atoms with E-state index in [-0.39, 0.29) is 5.69 Å². The van der Waals surface area contributed by atoms with Gasteiger partial charge in [0.1, 0.15) is 0 Å². The van der Waals surface area contributed by atoms with Gasteiger partial charge in [0.05, 0.1) is 11.4 Å². The molecule has 1 aromatic carbocycles. The zero-order valence-electron chi connectivity index (χ0n) is 12.0. The summed E-state index contributed by atoms with van der Waals surface area (Å²) in [6.07, 6.45) is 1.09. The molecule has 1 aliphatic rings. The second-order valence-electron chi connectivity index (χ2n) is 5.05. The van der Waals surface area contributed by atoms with E-state index < -0.39 is 18.2 Å². The lowest BCUT2D eigenvalue weighted by Gasteiger charge is -2.36. The van der Waals surface area contributed by atoms with Gasteiger partial charge in [-0.2, -0.15) is 8.78 Å². The van der Waals surface area contributed by atoms with Crippen molar-refractivity contribution in [2.24, 2.45) is 0 Å². The number of hydrogen-bond acceptors (Lipinski definition) is 4. The van der Waals surface area contributed by atoms with Crippen molar-refractivity contribution in [1.82, 2.24) is 4.90 Å². The highest BCUT2D eigenvalue weighted by Gasteiger charge is 2.21. The highest BCUT2D eigenvalue weighted by molar-refractivity contribution is 5.70. The molecule has 0 bridgehead atoms. The Morgan fingerprint density at radius 1 is 1.24 bits per heavy atom. The predicted octanol–water partition coefficient (Wildman–Crippen LogP) is 2.54. The van der Waals surface area contributed by atoms with Crippen LogP contribution in [0.4, 0.5) is 24.5 Å². The summed E-state index contributed by atoms with van der Waals surface area (Å²) in [7, 11) is 0. The topological polar surface area (TPSA) is 41.7 Å². The van der Waals surface area contributed by atoms with E-state index in [2.05, 4.69) is 16.6 Å².